The molecule has 0 aliphatic carbocycles. The lowest BCUT2D eigenvalue weighted by molar-refractivity contribution is -0.117. The van der Waals surface area contributed by atoms with Gasteiger partial charge in [-0.05, 0) is 43.1 Å². The van der Waals surface area contributed by atoms with Crippen LogP contribution in [0.15, 0.2) is 18.2 Å². The number of carbonyl (C=O) groups is 1. The number of nitrogens with one attached hydrogen (secondary N) is 1. The van der Waals surface area contributed by atoms with Gasteiger partial charge in [0.1, 0.15) is 5.82 Å². The van der Waals surface area contributed by atoms with Crippen molar-refractivity contribution < 1.29 is 9.18 Å². The Morgan fingerprint density at radius 2 is 2.35 bits per heavy atom. The van der Waals surface area contributed by atoms with E-state index >= 15 is 0 Å². The first-order valence-corrected chi connectivity index (χ1v) is 6.97. The summed E-state index contributed by atoms with van der Waals surface area (Å²) < 4.78 is 13.0. The molecular weight excluding hydrogens is 281 g/mol. The summed E-state index contributed by atoms with van der Waals surface area (Å²) in [7, 11) is 0. The van der Waals surface area contributed by atoms with Gasteiger partial charge in [0.2, 0.25) is 5.91 Å². The molecule has 110 valence electrons. The van der Waals surface area contributed by atoms with E-state index in [9.17, 15) is 9.18 Å². The number of hydrogen-bond acceptors (Lipinski definition) is 3. The van der Waals surface area contributed by atoms with Crippen molar-refractivity contribution >= 4 is 23.2 Å². The van der Waals surface area contributed by atoms with Crippen LogP contribution in [0.3, 0.4) is 0 Å². The Morgan fingerprint density at radius 1 is 1.60 bits per heavy atom. The molecule has 1 aromatic carbocycles. The predicted molar refractivity (Wildman–Crippen MR) is 78.3 cm³/mol. The zero-order chi connectivity index (χ0) is 14.8. The van der Waals surface area contributed by atoms with E-state index < -0.39 is 5.82 Å². The van der Waals surface area contributed by atoms with E-state index in [0.29, 0.717) is 18.8 Å². The molecule has 1 unspecified atom stereocenters. The van der Waals surface area contributed by atoms with E-state index in [2.05, 4.69) is 17.1 Å². The van der Waals surface area contributed by atoms with E-state index in [1.165, 1.54) is 18.2 Å². The Hall–Kier alpha value is -1.17. The molecule has 3 N–H and O–H groups in total. The SMILES string of the molecule is CC1(CN)CCN(CC(=O)Nc2ccc(F)c(Cl)c2)C1. The average Bonchev–Trinajstić information content (AvgIpc) is 2.76. The van der Waals surface area contributed by atoms with Crippen LogP contribution in [0.2, 0.25) is 5.02 Å². The maximum atomic E-state index is 13.0. The molecule has 1 atom stereocenters. The highest BCUT2D eigenvalue weighted by atomic mass is 35.5. The first-order chi connectivity index (χ1) is 9.42. The Morgan fingerprint density at radius 3 is 2.95 bits per heavy atom. The molecule has 1 heterocycles. The van der Waals surface area contributed by atoms with E-state index in [1.807, 2.05) is 0 Å². The van der Waals surface area contributed by atoms with Gasteiger partial charge in [-0.1, -0.05) is 18.5 Å². The van der Waals surface area contributed by atoms with Gasteiger partial charge < -0.3 is 11.1 Å². The Kier molecular flexibility index (Phi) is 4.62. The molecule has 1 saturated heterocycles. The summed E-state index contributed by atoms with van der Waals surface area (Å²) in [6.45, 7) is 4.75. The average molecular weight is 300 g/mol. The molecule has 0 aromatic heterocycles. The topological polar surface area (TPSA) is 58.4 Å². The number of nitrogens with zero attached hydrogens (tertiary/aromatic N) is 1. The largest absolute Gasteiger partial charge is 0.330 e. The molecule has 6 heteroatoms. The summed E-state index contributed by atoms with van der Waals surface area (Å²) in [6.07, 6.45) is 0.999. The minimum Gasteiger partial charge on any atom is -0.330 e. The number of hydrogen-bond donors (Lipinski definition) is 2. The zero-order valence-corrected chi connectivity index (χ0v) is 12.2. The van der Waals surface area contributed by atoms with Crippen LogP contribution in [0.25, 0.3) is 0 Å². The highest BCUT2D eigenvalue weighted by molar-refractivity contribution is 6.31. The van der Waals surface area contributed by atoms with Crippen LogP contribution in [0.5, 0.6) is 0 Å². The number of benzene rings is 1. The summed E-state index contributed by atoms with van der Waals surface area (Å²) in [5.41, 5.74) is 6.34. The second-order valence-electron chi connectivity index (χ2n) is 5.65. The fourth-order valence-electron chi connectivity index (χ4n) is 2.41. The number of nitrogens with two attached hydrogens (primary N) is 1. The van der Waals surface area contributed by atoms with E-state index in [4.69, 9.17) is 17.3 Å². The lowest BCUT2D eigenvalue weighted by Gasteiger charge is -2.22. The second-order valence-corrected chi connectivity index (χ2v) is 6.06. The van der Waals surface area contributed by atoms with Gasteiger partial charge in [-0.15, -0.1) is 0 Å². The van der Waals surface area contributed by atoms with Crippen LogP contribution in [0.4, 0.5) is 10.1 Å². The fourth-order valence-corrected chi connectivity index (χ4v) is 2.59. The van der Waals surface area contributed by atoms with Crippen molar-refractivity contribution in [1.82, 2.24) is 4.90 Å². The van der Waals surface area contributed by atoms with Crippen LogP contribution in [0.1, 0.15) is 13.3 Å². The fraction of sp³-hybridized carbons (Fsp3) is 0.500. The molecule has 20 heavy (non-hydrogen) atoms. The van der Waals surface area contributed by atoms with Crippen molar-refractivity contribution in [2.45, 2.75) is 13.3 Å². The summed E-state index contributed by atoms with van der Waals surface area (Å²) in [5, 5.41) is 2.72. The number of likely N-dealkylation sites (tertiary alicyclic amines) is 1. The summed E-state index contributed by atoms with van der Waals surface area (Å²) in [6, 6.07) is 4.13. The van der Waals surface area contributed by atoms with Crippen molar-refractivity contribution in [2.24, 2.45) is 11.1 Å². The second kappa shape index (κ2) is 6.08. The Bertz CT molecular complexity index is 511. The van der Waals surface area contributed by atoms with Gasteiger partial charge in [0.15, 0.2) is 0 Å². The van der Waals surface area contributed by atoms with Crippen molar-refractivity contribution in [3.8, 4) is 0 Å². The van der Waals surface area contributed by atoms with Crippen molar-refractivity contribution in [1.29, 1.82) is 0 Å². The number of rotatable bonds is 4. The van der Waals surface area contributed by atoms with Crippen molar-refractivity contribution in [3.05, 3.63) is 29.0 Å². The van der Waals surface area contributed by atoms with Gasteiger partial charge in [0.25, 0.3) is 0 Å². The highest BCUT2D eigenvalue weighted by Gasteiger charge is 2.33. The van der Waals surface area contributed by atoms with Gasteiger partial charge in [-0.25, -0.2) is 4.39 Å². The monoisotopic (exact) mass is 299 g/mol. The standard InChI is InChI=1S/C14H19ClFN3O/c1-14(8-17)4-5-19(9-14)7-13(20)18-10-2-3-12(16)11(15)6-10/h2-3,6H,4-5,7-9,17H2,1H3,(H,18,20). The first-order valence-electron chi connectivity index (χ1n) is 6.59. The molecule has 1 aliphatic rings. The molecule has 4 nitrogen and oxygen atoms in total. The molecule has 0 radical (unpaired) electrons. The number of anilines is 1. The first kappa shape index (κ1) is 15.2. The normalized spacial score (nSPS) is 23.0. The summed E-state index contributed by atoms with van der Waals surface area (Å²) in [4.78, 5) is 14.0. The summed E-state index contributed by atoms with van der Waals surface area (Å²) in [5.74, 6) is -0.628. The van der Waals surface area contributed by atoms with E-state index in [0.717, 1.165) is 19.5 Å². The minimum atomic E-state index is -0.497. The molecule has 0 saturated carbocycles. The van der Waals surface area contributed by atoms with Crippen molar-refractivity contribution in [2.75, 3.05) is 31.5 Å². The molecule has 1 fully saturated rings. The lowest BCUT2D eigenvalue weighted by Crippen LogP contribution is -2.35. The smallest absolute Gasteiger partial charge is 0.238 e. The Balaban J connectivity index is 1.88. The van der Waals surface area contributed by atoms with Crippen LogP contribution < -0.4 is 11.1 Å². The zero-order valence-electron chi connectivity index (χ0n) is 11.5. The van der Waals surface area contributed by atoms with Gasteiger partial charge in [0, 0.05) is 12.2 Å². The van der Waals surface area contributed by atoms with Crippen LogP contribution in [-0.2, 0) is 4.79 Å². The van der Waals surface area contributed by atoms with Crippen LogP contribution >= 0.6 is 11.6 Å². The molecule has 1 aromatic rings. The minimum absolute atomic E-state index is 0.000297. The molecule has 1 amide bonds. The maximum absolute atomic E-state index is 13.0. The van der Waals surface area contributed by atoms with Gasteiger partial charge in [0.05, 0.1) is 11.6 Å². The van der Waals surface area contributed by atoms with Crippen LogP contribution in [0, 0.1) is 11.2 Å². The number of carbonyl (C=O) groups excluding carboxylic acids is 1. The third kappa shape index (κ3) is 3.69. The number of halogens is 2. The molecule has 0 spiro atoms. The predicted octanol–water partition coefficient (Wildman–Crippen LogP) is 2.09. The van der Waals surface area contributed by atoms with E-state index in [1.54, 1.807) is 0 Å². The highest BCUT2D eigenvalue weighted by Crippen LogP contribution is 2.28. The lowest BCUT2D eigenvalue weighted by atomic mass is 9.90. The van der Waals surface area contributed by atoms with Gasteiger partial charge >= 0.3 is 0 Å². The number of amides is 1. The Labute approximate surface area is 123 Å². The van der Waals surface area contributed by atoms with Crippen molar-refractivity contribution in [3.63, 3.8) is 0 Å². The third-order valence-corrected chi connectivity index (χ3v) is 3.99. The maximum Gasteiger partial charge on any atom is 0.238 e. The van der Waals surface area contributed by atoms with Crippen LogP contribution in [-0.4, -0.2) is 37.0 Å². The quantitative estimate of drug-likeness (QED) is 0.895. The van der Waals surface area contributed by atoms with E-state index in [-0.39, 0.29) is 16.3 Å². The summed E-state index contributed by atoms with van der Waals surface area (Å²) >= 11 is 5.67. The molecule has 2 rings (SSSR count). The van der Waals surface area contributed by atoms with Gasteiger partial charge in [-0.3, -0.25) is 9.69 Å². The molecule has 1 aliphatic heterocycles. The molecule has 0 bridgehead atoms. The molecular formula is C14H19ClFN3O. The third-order valence-electron chi connectivity index (χ3n) is 3.70. The van der Waals surface area contributed by atoms with Gasteiger partial charge in [-0.2, -0.15) is 0 Å².